The average molecular weight is 394 g/mol. The molecule has 1 aliphatic heterocycles. The summed E-state index contributed by atoms with van der Waals surface area (Å²) in [5, 5.41) is 11.4. The van der Waals surface area contributed by atoms with Crippen LogP contribution in [0.4, 0.5) is 25.1 Å². The molecule has 0 aliphatic carbocycles. The topological polar surface area (TPSA) is 93.4 Å². The fourth-order valence-corrected chi connectivity index (χ4v) is 3.10. The van der Waals surface area contributed by atoms with Crippen molar-refractivity contribution in [2.24, 2.45) is 0 Å². The molecule has 0 spiro atoms. The quantitative estimate of drug-likeness (QED) is 0.719. The molecule has 0 saturated carbocycles. The Morgan fingerprint density at radius 1 is 1.21 bits per heavy atom. The van der Waals surface area contributed by atoms with Gasteiger partial charge in [0.05, 0.1) is 12.7 Å². The van der Waals surface area contributed by atoms with Crippen LogP contribution >= 0.6 is 0 Å². The first kappa shape index (κ1) is 18.2. The SMILES string of the molecule is COc1ccn2c(N3CCC[C@@H](Nc4ncc(C(F)(F)F)cn4)C3)nnc2n1. The molecular formula is C16H17F3N8O. The number of piperidine rings is 1. The van der Waals surface area contributed by atoms with Gasteiger partial charge in [0.2, 0.25) is 17.8 Å². The Kier molecular flexibility index (Phi) is 4.61. The Hall–Kier alpha value is -3.18. The molecule has 1 saturated heterocycles. The zero-order valence-electron chi connectivity index (χ0n) is 14.9. The molecule has 4 rings (SSSR count). The molecule has 12 heteroatoms. The first-order chi connectivity index (χ1) is 13.4. The van der Waals surface area contributed by atoms with Crippen molar-refractivity contribution in [1.29, 1.82) is 0 Å². The third-order valence-corrected chi connectivity index (χ3v) is 4.46. The fraction of sp³-hybridized carbons (Fsp3) is 0.438. The lowest BCUT2D eigenvalue weighted by Gasteiger charge is -2.33. The molecule has 0 bridgehead atoms. The van der Waals surface area contributed by atoms with Crippen LogP contribution in [0, 0.1) is 0 Å². The highest BCUT2D eigenvalue weighted by Gasteiger charge is 2.31. The van der Waals surface area contributed by atoms with E-state index in [9.17, 15) is 13.2 Å². The normalized spacial score (nSPS) is 17.7. The van der Waals surface area contributed by atoms with Crippen molar-refractivity contribution >= 4 is 17.7 Å². The maximum atomic E-state index is 12.6. The van der Waals surface area contributed by atoms with Crippen LogP contribution in [0.25, 0.3) is 5.78 Å². The molecule has 9 nitrogen and oxygen atoms in total. The van der Waals surface area contributed by atoms with Gasteiger partial charge in [-0.3, -0.25) is 4.40 Å². The number of fused-ring (bicyclic) bond motifs is 1. The summed E-state index contributed by atoms with van der Waals surface area (Å²) in [7, 11) is 1.53. The summed E-state index contributed by atoms with van der Waals surface area (Å²) in [5.74, 6) is 1.68. The van der Waals surface area contributed by atoms with Crippen LogP contribution in [-0.4, -0.2) is 55.8 Å². The van der Waals surface area contributed by atoms with Crippen molar-refractivity contribution in [2.75, 3.05) is 30.4 Å². The molecule has 3 aromatic heterocycles. The maximum absolute atomic E-state index is 12.6. The van der Waals surface area contributed by atoms with Crippen molar-refractivity contribution in [2.45, 2.75) is 25.1 Å². The number of nitrogens with one attached hydrogen (secondary N) is 1. The summed E-state index contributed by atoms with van der Waals surface area (Å²) in [5.41, 5.74) is -0.874. The second kappa shape index (κ2) is 7.09. The second-order valence-corrected chi connectivity index (χ2v) is 6.36. The van der Waals surface area contributed by atoms with E-state index in [-0.39, 0.29) is 12.0 Å². The molecule has 1 fully saturated rings. The Labute approximate surface area is 157 Å². The number of nitrogens with zero attached hydrogens (tertiary/aromatic N) is 7. The number of methoxy groups -OCH3 is 1. The van der Waals surface area contributed by atoms with E-state index < -0.39 is 11.7 Å². The van der Waals surface area contributed by atoms with Gasteiger partial charge in [0.1, 0.15) is 0 Å². The van der Waals surface area contributed by atoms with E-state index in [1.165, 1.54) is 7.11 Å². The standard InChI is InChI=1S/C16H17F3N8O/c1-28-12-4-6-27-14(23-12)24-25-15(27)26-5-2-3-11(9-26)22-13-20-7-10(8-21-13)16(17,18)19/h4,6-8,11H,2-3,5,9H2,1H3,(H,20,21,22)/t11-/m1/s1. The van der Waals surface area contributed by atoms with Gasteiger partial charge >= 0.3 is 6.18 Å². The number of halogens is 3. The van der Waals surface area contributed by atoms with Gasteiger partial charge in [0, 0.05) is 43.8 Å². The second-order valence-electron chi connectivity index (χ2n) is 6.36. The number of aromatic nitrogens is 6. The third kappa shape index (κ3) is 3.62. The Bertz CT molecular complexity index is 959. The molecule has 1 atom stereocenters. The highest BCUT2D eigenvalue weighted by Crippen LogP contribution is 2.28. The van der Waals surface area contributed by atoms with Gasteiger partial charge in [-0.1, -0.05) is 0 Å². The van der Waals surface area contributed by atoms with Crippen LogP contribution in [0.1, 0.15) is 18.4 Å². The highest BCUT2D eigenvalue weighted by molar-refractivity contribution is 5.44. The lowest BCUT2D eigenvalue weighted by molar-refractivity contribution is -0.138. The van der Waals surface area contributed by atoms with Crippen LogP contribution in [0.15, 0.2) is 24.7 Å². The molecule has 0 amide bonds. The lowest BCUT2D eigenvalue weighted by Crippen LogP contribution is -2.43. The number of hydrogen-bond donors (Lipinski definition) is 1. The smallest absolute Gasteiger partial charge is 0.419 e. The van der Waals surface area contributed by atoms with Gasteiger partial charge in [0.15, 0.2) is 0 Å². The van der Waals surface area contributed by atoms with E-state index in [0.29, 0.717) is 24.2 Å². The summed E-state index contributed by atoms with van der Waals surface area (Å²) in [6, 6.07) is 1.68. The van der Waals surface area contributed by atoms with Gasteiger partial charge in [-0.2, -0.15) is 18.2 Å². The van der Waals surface area contributed by atoms with Crippen LogP contribution in [0.5, 0.6) is 5.88 Å². The zero-order valence-corrected chi connectivity index (χ0v) is 14.9. The molecule has 1 aliphatic rings. The van der Waals surface area contributed by atoms with Crippen LogP contribution < -0.4 is 15.0 Å². The van der Waals surface area contributed by atoms with Crippen molar-refractivity contribution in [3.63, 3.8) is 0 Å². The minimum atomic E-state index is -4.45. The number of anilines is 2. The minimum absolute atomic E-state index is 0.0379. The van der Waals surface area contributed by atoms with E-state index >= 15 is 0 Å². The van der Waals surface area contributed by atoms with Crippen LogP contribution in [-0.2, 0) is 6.18 Å². The largest absolute Gasteiger partial charge is 0.481 e. The first-order valence-electron chi connectivity index (χ1n) is 8.60. The first-order valence-corrected chi connectivity index (χ1v) is 8.60. The molecule has 0 aromatic carbocycles. The van der Waals surface area contributed by atoms with Gasteiger partial charge in [-0.15, -0.1) is 10.2 Å². The maximum Gasteiger partial charge on any atom is 0.419 e. The number of alkyl halides is 3. The molecular weight excluding hydrogens is 377 g/mol. The summed E-state index contributed by atoms with van der Waals surface area (Å²) in [6.07, 6.45) is 0.598. The molecule has 1 N–H and O–H groups in total. The minimum Gasteiger partial charge on any atom is -0.481 e. The highest BCUT2D eigenvalue weighted by atomic mass is 19.4. The van der Waals surface area contributed by atoms with Crippen LogP contribution in [0.2, 0.25) is 0 Å². The van der Waals surface area contributed by atoms with Crippen LogP contribution in [0.3, 0.4) is 0 Å². The predicted octanol–water partition coefficient (Wildman–Crippen LogP) is 2.02. The van der Waals surface area contributed by atoms with Crippen molar-refractivity contribution < 1.29 is 17.9 Å². The molecule has 148 valence electrons. The van der Waals surface area contributed by atoms with Gasteiger partial charge in [0.25, 0.3) is 5.78 Å². The zero-order chi connectivity index (χ0) is 19.7. The van der Waals surface area contributed by atoms with Gasteiger partial charge in [-0.05, 0) is 12.8 Å². The van der Waals surface area contributed by atoms with Crippen molar-refractivity contribution in [3.8, 4) is 5.88 Å². The monoisotopic (exact) mass is 394 g/mol. The Morgan fingerprint density at radius 3 is 2.71 bits per heavy atom. The van der Waals surface area contributed by atoms with E-state index in [1.807, 2.05) is 4.90 Å². The van der Waals surface area contributed by atoms with E-state index in [0.717, 1.165) is 31.8 Å². The van der Waals surface area contributed by atoms with Gasteiger partial charge < -0.3 is 15.0 Å². The van der Waals surface area contributed by atoms with E-state index in [4.69, 9.17) is 4.74 Å². The molecule has 0 unspecified atom stereocenters. The Balaban J connectivity index is 1.47. The lowest BCUT2D eigenvalue weighted by atomic mass is 10.1. The summed E-state index contributed by atoms with van der Waals surface area (Å²) in [6.45, 7) is 1.36. The van der Waals surface area contributed by atoms with E-state index in [1.54, 1.807) is 16.7 Å². The summed E-state index contributed by atoms with van der Waals surface area (Å²) >= 11 is 0. The predicted molar refractivity (Wildman–Crippen MR) is 93.2 cm³/mol. The fourth-order valence-electron chi connectivity index (χ4n) is 3.10. The Morgan fingerprint density at radius 2 is 2.00 bits per heavy atom. The van der Waals surface area contributed by atoms with E-state index in [2.05, 4.69) is 30.5 Å². The molecule has 4 heterocycles. The number of hydrogen-bond acceptors (Lipinski definition) is 8. The van der Waals surface area contributed by atoms with Crippen molar-refractivity contribution in [3.05, 3.63) is 30.2 Å². The number of rotatable bonds is 4. The summed E-state index contributed by atoms with van der Waals surface area (Å²) < 4.78 is 44.7. The molecule has 0 radical (unpaired) electrons. The third-order valence-electron chi connectivity index (χ3n) is 4.46. The molecule has 3 aromatic rings. The van der Waals surface area contributed by atoms with Crippen molar-refractivity contribution in [1.82, 2.24) is 29.5 Å². The average Bonchev–Trinajstić information content (AvgIpc) is 3.11. The summed E-state index contributed by atoms with van der Waals surface area (Å²) in [4.78, 5) is 13.8. The molecule has 28 heavy (non-hydrogen) atoms. The van der Waals surface area contributed by atoms with Gasteiger partial charge in [-0.25, -0.2) is 9.97 Å². The number of ether oxygens (including phenoxy) is 1.